The Morgan fingerprint density at radius 2 is 1.62 bits per heavy atom. The number of benzene rings is 2. The number of halogens is 1. The molecular weight excluding hydrogens is 448 g/mol. The molecule has 2 saturated heterocycles. The van der Waals surface area contributed by atoms with Gasteiger partial charge in [-0.15, -0.1) is 0 Å². The number of nitrogens with zero attached hydrogens (tertiary/aromatic N) is 3. The van der Waals surface area contributed by atoms with Crippen molar-refractivity contribution in [3.8, 4) is 0 Å². The van der Waals surface area contributed by atoms with E-state index in [2.05, 4.69) is 21.2 Å². The van der Waals surface area contributed by atoms with Crippen molar-refractivity contribution in [1.82, 2.24) is 20.0 Å². The van der Waals surface area contributed by atoms with Crippen molar-refractivity contribution in [2.45, 2.75) is 32.2 Å². The molecule has 2 aliphatic heterocycles. The maximum absolute atomic E-state index is 12.7. The summed E-state index contributed by atoms with van der Waals surface area (Å²) in [6.45, 7) is 7.77. The summed E-state index contributed by atoms with van der Waals surface area (Å²) in [5.74, 6) is 0.178. The summed E-state index contributed by atoms with van der Waals surface area (Å²) in [5, 5.41) is 3.89. The number of carbonyl (C=O) groups excluding carboxylic acids is 2. The van der Waals surface area contributed by atoms with Crippen molar-refractivity contribution in [1.29, 1.82) is 0 Å². The molecule has 2 fully saturated rings. The average Bonchev–Trinajstić information content (AvgIpc) is 3.37. The van der Waals surface area contributed by atoms with Gasteiger partial charge in [0.1, 0.15) is 0 Å². The molecule has 34 heavy (non-hydrogen) atoms. The average molecular weight is 483 g/mol. The Balaban J connectivity index is 1.23. The minimum Gasteiger partial charge on any atom is -0.353 e. The van der Waals surface area contributed by atoms with Crippen LogP contribution in [0.2, 0.25) is 5.02 Å². The number of piperazine rings is 1. The molecule has 0 saturated carbocycles. The quantitative estimate of drug-likeness (QED) is 0.627. The highest BCUT2D eigenvalue weighted by Crippen LogP contribution is 2.29. The summed E-state index contributed by atoms with van der Waals surface area (Å²) in [4.78, 5) is 31.9. The predicted octanol–water partition coefficient (Wildman–Crippen LogP) is 3.29. The number of nitrogens with one attached hydrogen (secondary N) is 1. The van der Waals surface area contributed by atoms with Gasteiger partial charge in [-0.2, -0.15) is 0 Å². The van der Waals surface area contributed by atoms with Gasteiger partial charge in [-0.05, 0) is 50.0 Å². The van der Waals surface area contributed by atoms with Crippen LogP contribution in [-0.4, -0.2) is 78.9 Å². The van der Waals surface area contributed by atoms with Crippen LogP contribution >= 0.6 is 11.6 Å². The second-order valence-corrected chi connectivity index (χ2v) is 9.81. The van der Waals surface area contributed by atoms with Crippen LogP contribution in [0.15, 0.2) is 48.5 Å². The second-order valence-electron chi connectivity index (χ2n) is 9.40. The van der Waals surface area contributed by atoms with Gasteiger partial charge < -0.3 is 10.2 Å². The SMILES string of the molecule is Cc1ccc(CC(=O)N2CCN(CC(=O)NCC(c3ccccc3Cl)N3CCCC3)CC2)cc1. The van der Waals surface area contributed by atoms with Crippen LogP contribution in [0.4, 0.5) is 0 Å². The number of carbonyl (C=O) groups is 2. The molecule has 2 amide bonds. The van der Waals surface area contributed by atoms with E-state index < -0.39 is 0 Å². The third kappa shape index (κ3) is 6.59. The fourth-order valence-corrected chi connectivity index (χ4v) is 5.11. The number of amides is 2. The first-order valence-electron chi connectivity index (χ1n) is 12.3. The fourth-order valence-electron chi connectivity index (χ4n) is 4.85. The molecule has 0 aliphatic carbocycles. The minimum absolute atomic E-state index is 0.0238. The first kappa shape index (κ1) is 24.7. The van der Waals surface area contributed by atoms with Gasteiger partial charge in [0.05, 0.1) is 19.0 Å². The Hall–Kier alpha value is -2.41. The first-order chi connectivity index (χ1) is 16.5. The summed E-state index contributed by atoms with van der Waals surface area (Å²) < 4.78 is 0. The highest BCUT2D eigenvalue weighted by molar-refractivity contribution is 6.31. The monoisotopic (exact) mass is 482 g/mol. The van der Waals surface area contributed by atoms with Crippen molar-refractivity contribution >= 4 is 23.4 Å². The van der Waals surface area contributed by atoms with Gasteiger partial charge in [0.2, 0.25) is 11.8 Å². The molecule has 0 radical (unpaired) electrons. The van der Waals surface area contributed by atoms with Crippen LogP contribution in [0, 0.1) is 6.92 Å². The van der Waals surface area contributed by atoms with Gasteiger partial charge in [-0.3, -0.25) is 19.4 Å². The molecule has 2 aromatic rings. The third-order valence-corrected chi connectivity index (χ3v) is 7.25. The molecule has 4 rings (SSSR count). The molecule has 1 N–H and O–H groups in total. The van der Waals surface area contributed by atoms with Crippen molar-refractivity contribution in [2.75, 3.05) is 52.4 Å². The number of likely N-dealkylation sites (tertiary alicyclic amines) is 1. The lowest BCUT2D eigenvalue weighted by atomic mass is 10.1. The summed E-state index contributed by atoms with van der Waals surface area (Å²) >= 11 is 6.49. The highest BCUT2D eigenvalue weighted by atomic mass is 35.5. The summed E-state index contributed by atoms with van der Waals surface area (Å²) in [5.41, 5.74) is 3.32. The van der Waals surface area contributed by atoms with E-state index in [0.29, 0.717) is 45.7 Å². The van der Waals surface area contributed by atoms with E-state index in [-0.39, 0.29) is 17.9 Å². The summed E-state index contributed by atoms with van der Waals surface area (Å²) in [6.07, 6.45) is 2.80. The zero-order valence-corrected chi connectivity index (χ0v) is 20.8. The number of aryl methyl sites for hydroxylation is 1. The third-order valence-electron chi connectivity index (χ3n) is 6.91. The normalized spacial score (nSPS) is 18.1. The molecule has 2 heterocycles. The zero-order chi connectivity index (χ0) is 23.9. The second kappa shape index (κ2) is 11.8. The van der Waals surface area contributed by atoms with Gasteiger partial charge >= 0.3 is 0 Å². The lowest BCUT2D eigenvalue weighted by molar-refractivity contribution is -0.132. The van der Waals surface area contributed by atoms with Gasteiger partial charge in [-0.1, -0.05) is 59.6 Å². The summed E-state index contributed by atoms with van der Waals surface area (Å²) in [7, 11) is 0. The molecule has 0 bridgehead atoms. The van der Waals surface area contributed by atoms with Crippen LogP contribution < -0.4 is 5.32 Å². The smallest absolute Gasteiger partial charge is 0.234 e. The van der Waals surface area contributed by atoms with Crippen LogP contribution in [-0.2, 0) is 16.0 Å². The molecule has 7 heteroatoms. The fraction of sp³-hybridized carbons (Fsp3) is 0.481. The zero-order valence-electron chi connectivity index (χ0n) is 20.0. The lowest BCUT2D eigenvalue weighted by Crippen LogP contribution is -2.51. The van der Waals surface area contributed by atoms with Crippen LogP contribution in [0.3, 0.4) is 0 Å². The lowest BCUT2D eigenvalue weighted by Gasteiger charge is -2.34. The largest absolute Gasteiger partial charge is 0.353 e. The van der Waals surface area contributed by atoms with E-state index in [9.17, 15) is 9.59 Å². The van der Waals surface area contributed by atoms with Gasteiger partial charge in [0.25, 0.3) is 0 Å². The standard InChI is InChI=1S/C27H35ClN4O2/c1-21-8-10-22(11-9-21)18-27(34)32-16-14-30(15-17-32)20-26(33)29-19-25(31-12-4-5-13-31)23-6-2-3-7-24(23)28/h2-3,6-11,25H,4-5,12-20H2,1H3,(H,29,33). The first-order valence-corrected chi connectivity index (χ1v) is 12.7. The van der Waals surface area contributed by atoms with E-state index >= 15 is 0 Å². The van der Waals surface area contributed by atoms with E-state index in [0.717, 1.165) is 29.2 Å². The number of hydrogen-bond donors (Lipinski definition) is 1. The Morgan fingerprint density at radius 3 is 2.29 bits per heavy atom. The van der Waals surface area contributed by atoms with E-state index in [4.69, 9.17) is 11.6 Å². The molecule has 2 aromatic carbocycles. The molecule has 6 nitrogen and oxygen atoms in total. The van der Waals surface area contributed by atoms with Gasteiger partial charge in [0.15, 0.2) is 0 Å². The van der Waals surface area contributed by atoms with Crippen LogP contribution in [0.25, 0.3) is 0 Å². The highest BCUT2D eigenvalue weighted by Gasteiger charge is 2.26. The maximum atomic E-state index is 12.7. The minimum atomic E-state index is 0.0238. The van der Waals surface area contributed by atoms with Crippen LogP contribution in [0.1, 0.15) is 35.6 Å². The molecular formula is C27H35ClN4O2. The van der Waals surface area contributed by atoms with Gasteiger partial charge in [-0.25, -0.2) is 0 Å². The molecule has 1 unspecified atom stereocenters. The Morgan fingerprint density at radius 1 is 0.941 bits per heavy atom. The van der Waals surface area contributed by atoms with Crippen molar-refractivity contribution < 1.29 is 9.59 Å². The number of hydrogen-bond acceptors (Lipinski definition) is 4. The van der Waals surface area contributed by atoms with Crippen molar-refractivity contribution in [2.24, 2.45) is 0 Å². The van der Waals surface area contributed by atoms with E-state index in [1.807, 2.05) is 54.3 Å². The molecule has 0 aromatic heterocycles. The Labute approximate surface area is 207 Å². The number of rotatable bonds is 8. The van der Waals surface area contributed by atoms with Crippen molar-refractivity contribution in [3.05, 3.63) is 70.2 Å². The van der Waals surface area contributed by atoms with E-state index in [1.54, 1.807) is 0 Å². The maximum Gasteiger partial charge on any atom is 0.234 e. The molecule has 2 aliphatic rings. The summed E-state index contributed by atoms with van der Waals surface area (Å²) in [6, 6.07) is 16.1. The van der Waals surface area contributed by atoms with Crippen molar-refractivity contribution in [3.63, 3.8) is 0 Å². The Kier molecular flexibility index (Phi) is 8.59. The molecule has 182 valence electrons. The van der Waals surface area contributed by atoms with Gasteiger partial charge in [0, 0.05) is 37.7 Å². The topological polar surface area (TPSA) is 55.9 Å². The molecule has 0 spiro atoms. The Bertz CT molecular complexity index is 967. The molecule has 1 atom stereocenters. The van der Waals surface area contributed by atoms with E-state index in [1.165, 1.54) is 18.4 Å². The predicted molar refractivity (Wildman–Crippen MR) is 136 cm³/mol. The van der Waals surface area contributed by atoms with Crippen LogP contribution in [0.5, 0.6) is 0 Å².